The van der Waals surface area contributed by atoms with Crippen molar-refractivity contribution in [2.45, 2.75) is 39.8 Å². The van der Waals surface area contributed by atoms with E-state index < -0.39 is 0 Å². The fourth-order valence-corrected chi connectivity index (χ4v) is 1.60. The molecule has 2 rings (SSSR count). The molecule has 0 atom stereocenters. The van der Waals surface area contributed by atoms with Gasteiger partial charge in [-0.2, -0.15) is 5.10 Å². The molecular formula is C13H18N4O2. The average molecular weight is 262 g/mol. The molecule has 0 aliphatic rings. The van der Waals surface area contributed by atoms with E-state index in [0.29, 0.717) is 23.0 Å². The van der Waals surface area contributed by atoms with Crippen molar-refractivity contribution in [2.24, 2.45) is 0 Å². The third kappa shape index (κ3) is 3.08. The molecule has 0 saturated carbocycles. The molecule has 6 heteroatoms. The van der Waals surface area contributed by atoms with Crippen LogP contribution in [-0.4, -0.2) is 24.9 Å². The lowest BCUT2D eigenvalue weighted by Gasteiger charge is -2.10. The minimum atomic E-state index is -0.181. The maximum atomic E-state index is 9.36. The Labute approximate surface area is 112 Å². The maximum Gasteiger partial charge on any atom is 0.169 e. The van der Waals surface area contributed by atoms with Gasteiger partial charge < -0.3 is 9.84 Å². The van der Waals surface area contributed by atoms with Gasteiger partial charge in [-0.05, 0) is 6.92 Å². The van der Waals surface area contributed by atoms with Crippen LogP contribution in [0.2, 0.25) is 0 Å². The van der Waals surface area contributed by atoms with Gasteiger partial charge in [0.15, 0.2) is 11.5 Å². The lowest BCUT2D eigenvalue weighted by Crippen LogP contribution is -2.03. The van der Waals surface area contributed by atoms with Crippen molar-refractivity contribution in [3.8, 4) is 11.5 Å². The fourth-order valence-electron chi connectivity index (χ4n) is 1.60. The molecule has 0 saturated heterocycles. The second-order valence-electron chi connectivity index (χ2n) is 4.49. The summed E-state index contributed by atoms with van der Waals surface area (Å²) in [5.74, 6) is 1.97. The molecule has 0 aromatic carbocycles. The quantitative estimate of drug-likeness (QED) is 0.893. The predicted octanol–water partition coefficient (Wildman–Crippen LogP) is 2.10. The molecule has 0 unspecified atom stereocenters. The smallest absolute Gasteiger partial charge is 0.169 e. The van der Waals surface area contributed by atoms with Crippen LogP contribution < -0.4 is 4.74 Å². The molecule has 2 aromatic rings. The van der Waals surface area contributed by atoms with E-state index in [4.69, 9.17) is 4.74 Å². The fraction of sp³-hybridized carbons (Fsp3) is 0.462. The molecule has 102 valence electrons. The van der Waals surface area contributed by atoms with Crippen LogP contribution >= 0.6 is 0 Å². The van der Waals surface area contributed by atoms with Crippen LogP contribution in [0.5, 0.6) is 11.5 Å². The predicted molar refractivity (Wildman–Crippen MR) is 70.0 cm³/mol. The molecule has 19 heavy (non-hydrogen) atoms. The van der Waals surface area contributed by atoms with E-state index in [-0.39, 0.29) is 12.5 Å². The van der Waals surface area contributed by atoms with Gasteiger partial charge in [0.2, 0.25) is 0 Å². The van der Waals surface area contributed by atoms with Gasteiger partial charge in [-0.15, -0.1) is 0 Å². The number of ether oxygens (including phenoxy) is 1. The van der Waals surface area contributed by atoms with Crippen LogP contribution in [0.1, 0.15) is 38.2 Å². The van der Waals surface area contributed by atoms with Gasteiger partial charge in [0, 0.05) is 12.5 Å². The van der Waals surface area contributed by atoms with Crippen molar-refractivity contribution in [2.75, 3.05) is 0 Å². The Bertz CT molecular complexity index is 551. The van der Waals surface area contributed by atoms with Crippen molar-refractivity contribution in [3.63, 3.8) is 0 Å². The molecule has 0 bridgehead atoms. The Morgan fingerprint density at radius 1 is 1.37 bits per heavy atom. The molecule has 2 heterocycles. The van der Waals surface area contributed by atoms with E-state index in [9.17, 15) is 5.11 Å². The number of rotatable bonds is 5. The van der Waals surface area contributed by atoms with Gasteiger partial charge in [-0.3, -0.25) is 4.68 Å². The summed E-state index contributed by atoms with van der Waals surface area (Å²) in [7, 11) is 0. The lowest BCUT2D eigenvalue weighted by molar-refractivity contribution is 0.269. The third-order valence-corrected chi connectivity index (χ3v) is 2.68. The molecule has 0 aliphatic heterocycles. The number of aliphatic hydroxyl groups is 1. The largest absolute Gasteiger partial charge is 0.450 e. The normalized spacial score (nSPS) is 11.0. The number of aliphatic hydroxyl groups excluding tert-OH is 1. The van der Waals surface area contributed by atoms with Crippen LogP contribution in [0, 0.1) is 0 Å². The first-order valence-electron chi connectivity index (χ1n) is 6.31. The second-order valence-corrected chi connectivity index (χ2v) is 4.49. The maximum absolute atomic E-state index is 9.36. The Kier molecular flexibility index (Phi) is 4.11. The standard InChI is InChI=1S/C13H18N4O2/c1-4-17-7-10(5-15-17)19-12-6-14-13(9(2)3)16-11(12)8-18/h5-7,9,18H,4,8H2,1-3H3. The molecular weight excluding hydrogens is 244 g/mol. The highest BCUT2D eigenvalue weighted by Crippen LogP contribution is 2.24. The van der Waals surface area contributed by atoms with Crippen molar-refractivity contribution in [1.82, 2.24) is 19.7 Å². The topological polar surface area (TPSA) is 73.1 Å². The second kappa shape index (κ2) is 5.79. The summed E-state index contributed by atoms with van der Waals surface area (Å²) < 4.78 is 7.41. The highest BCUT2D eigenvalue weighted by molar-refractivity contribution is 5.30. The van der Waals surface area contributed by atoms with Gasteiger partial charge in [0.1, 0.15) is 11.5 Å². The van der Waals surface area contributed by atoms with Gasteiger partial charge in [-0.1, -0.05) is 13.8 Å². The first kappa shape index (κ1) is 13.5. The molecule has 1 N–H and O–H groups in total. The summed E-state index contributed by atoms with van der Waals surface area (Å²) in [6.45, 7) is 6.60. The summed E-state index contributed by atoms with van der Waals surface area (Å²) in [4.78, 5) is 8.54. The van der Waals surface area contributed by atoms with Gasteiger partial charge in [-0.25, -0.2) is 9.97 Å². The van der Waals surface area contributed by atoms with Crippen LogP contribution in [0.25, 0.3) is 0 Å². The number of hydrogen-bond acceptors (Lipinski definition) is 5. The zero-order chi connectivity index (χ0) is 13.8. The minimum Gasteiger partial charge on any atom is -0.450 e. The van der Waals surface area contributed by atoms with Crippen molar-refractivity contribution < 1.29 is 9.84 Å². The summed E-state index contributed by atoms with van der Waals surface area (Å²) in [5, 5.41) is 13.5. The third-order valence-electron chi connectivity index (χ3n) is 2.68. The Morgan fingerprint density at radius 2 is 2.16 bits per heavy atom. The zero-order valence-corrected chi connectivity index (χ0v) is 11.4. The SMILES string of the molecule is CCn1cc(Oc2cnc(C(C)C)nc2CO)cn1. The summed E-state index contributed by atoms with van der Waals surface area (Å²) in [5.41, 5.74) is 0.489. The van der Waals surface area contributed by atoms with Gasteiger partial charge >= 0.3 is 0 Å². The highest BCUT2D eigenvalue weighted by Gasteiger charge is 2.11. The minimum absolute atomic E-state index is 0.181. The van der Waals surface area contributed by atoms with Crippen LogP contribution in [0.15, 0.2) is 18.6 Å². The van der Waals surface area contributed by atoms with E-state index >= 15 is 0 Å². The Hall–Kier alpha value is -1.95. The lowest BCUT2D eigenvalue weighted by atomic mass is 10.2. The number of aromatic nitrogens is 4. The van der Waals surface area contributed by atoms with Crippen molar-refractivity contribution in [1.29, 1.82) is 0 Å². The van der Waals surface area contributed by atoms with Crippen LogP contribution in [0.4, 0.5) is 0 Å². The van der Waals surface area contributed by atoms with E-state index in [2.05, 4.69) is 15.1 Å². The highest BCUT2D eigenvalue weighted by atomic mass is 16.5. The first-order chi connectivity index (χ1) is 9.13. The molecule has 0 amide bonds. The Balaban J connectivity index is 2.24. The summed E-state index contributed by atoms with van der Waals surface area (Å²) in [6, 6.07) is 0. The van der Waals surface area contributed by atoms with Crippen molar-refractivity contribution in [3.05, 3.63) is 30.1 Å². The molecule has 2 aromatic heterocycles. The number of nitrogens with zero attached hydrogens (tertiary/aromatic N) is 4. The van der Waals surface area contributed by atoms with E-state index in [1.54, 1.807) is 23.3 Å². The first-order valence-corrected chi connectivity index (χ1v) is 6.31. The van der Waals surface area contributed by atoms with Gasteiger partial charge in [0.05, 0.1) is 25.2 Å². The number of hydrogen-bond donors (Lipinski definition) is 1. The van der Waals surface area contributed by atoms with E-state index in [1.807, 2.05) is 20.8 Å². The zero-order valence-electron chi connectivity index (χ0n) is 11.4. The summed E-state index contributed by atoms with van der Waals surface area (Å²) in [6.07, 6.45) is 5.01. The molecule has 0 radical (unpaired) electrons. The molecule has 0 spiro atoms. The Morgan fingerprint density at radius 3 is 2.74 bits per heavy atom. The average Bonchev–Trinajstić information content (AvgIpc) is 2.86. The van der Waals surface area contributed by atoms with Crippen molar-refractivity contribution >= 4 is 0 Å². The van der Waals surface area contributed by atoms with Crippen LogP contribution in [0.3, 0.4) is 0 Å². The summed E-state index contributed by atoms with van der Waals surface area (Å²) >= 11 is 0. The molecule has 0 aliphatic carbocycles. The van der Waals surface area contributed by atoms with Crippen LogP contribution in [-0.2, 0) is 13.2 Å². The number of aryl methyl sites for hydroxylation is 1. The molecule has 6 nitrogen and oxygen atoms in total. The molecule has 0 fully saturated rings. The van der Waals surface area contributed by atoms with Gasteiger partial charge in [0.25, 0.3) is 0 Å². The van der Waals surface area contributed by atoms with E-state index in [1.165, 1.54) is 0 Å². The monoisotopic (exact) mass is 262 g/mol. The van der Waals surface area contributed by atoms with E-state index in [0.717, 1.165) is 6.54 Å².